The average molecular weight is 765 g/mol. The number of hydrogen-bond donors (Lipinski definition) is 2. The fourth-order valence-electron chi connectivity index (χ4n) is 8.44. The quantitative estimate of drug-likeness (QED) is 0.166. The van der Waals surface area contributed by atoms with Crippen LogP contribution < -0.4 is 9.91 Å². The first-order chi connectivity index (χ1) is 25.9. The summed E-state index contributed by atoms with van der Waals surface area (Å²) in [5.41, 5.74) is 3.53. The second kappa shape index (κ2) is 15.2. The number of aliphatic hydroxyl groups is 1. The number of amides is 3. The van der Waals surface area contributed by atoms with Crippen molar-refractivity contribution in [2.75, 3.05) is 23.1 Å². The molecule has 0 aliphatic carbocycles. The zero-order valence-corrected chi connectivity index (χ0v) is 32.4. The van der Waals surface area contributed by atoms with Gasteiger partial charge in [0.05, 0.1) is 42.8 Å². The summed E-state index contributed by atoms with van der Waals surface area (Å²) in [6.07, 6.45) is 0.107. The maximum absolute atomic E-state index is 14.9. The Kier molecular flexibility index (Phi) is 10.6. The number of carbonyl (C=O) groups is 3. The Bertz CT molecular complexity index is 2060. The van der Waals surface area contributed by atoms with Gasteiger partial charge in [-0.15, -0.1) is 0 Å². The van der Waals surface area contributed by atoms with Gasteiger partial charge in [0.1, 0.15) is 0 Å². The summed E-state index contributed by atoms with van der Waals surface area (Å²) in [4.78, 5) is 56.8. The molecule has 54 heavy (non-hydrogen) atoms. The minimum Gasteiger partial charge on any atom is -0.432 e. The van der Waals surface area contributed by atoms with E-state index in [1.54, 1.807) is 21.9 Å². The third-order valence-corrected chi connectivity index (χ3v) is 13.7. The molecule has 0 unspecified atom stereocenters. The van der Waals surface area contributed by atoms with Crippen molar-refractivity contribution in [2.24, 2.45) is 11.0 Å². The van der Waals surface area contributed by atoms with Gasteiger partial charge in [-0.05, 0) is 60.1 Å². The summed E-state index contributed by atoms with van der Waals surface area (Å²) in [5, 5.41) is 16.4. The van der Waals surface area contributed by atoms with Crippen LogP contribution in [0.3, 0.4) is 0 Å². The van der Waals surface area contributed by atoms with E-state index in [-0.39, 0.29) is 43.8 Å². The number of hydrogen-bond acceptors (Lipinski definition) is 7. The SMILES string of the molecule is C[C@H]1[C@H]([Si](C)(C)O)[C@@H](CC(=O)N(CCO)Cc2ccccc2)O[C@]12C(=O)N(Cc1ccc(N3N=C(c4ccccc4)CCC3=O)cc1)c1ccc(Cl)cc12. The molecule has 4 aromatic rings. The maximum Gasteiger partial charge on any atom is 0.264 e. The molecule has 1 fully saturated rings. The Hall–Kier alpha value is -4.65. The van der Waals surface area contributed by atoms with Gasteiger partial charge in [0.2, 0.25) is 11.8 Å². The Morgan fingerprint density at radius 1 is 0.963 bits per heavy atom. The molecule has 3 aliphatic heterocycles. The molecule has 0 saturated carbocycles. The number of halogens is 1. The second-order valence-corrected chi connectivity index (χ2v) is 19.3. The summed E-state index contributed by atoms with van der Waals surface area (Å²) < 4.78 is 6.88. The molecule has 1 saturated heterocycles. The highest BCUT2D eigenvalue weighted by Crippen LogP contribution is 2.60. The van der Waals surface area contributed by atoms with E-state index in [2.05, 4.69) is 5.10 Å². The number of anilines is 2. The van der Waals surface area contributed by atoms with E-state index in [0.717, 1.165) is 22.4 Å². The summed E-state index contributed by atoms with van der Waals surface area (Å²) in [6, 6.07) is 32.2. The van der Waals surface area contributed by atoms with Crippen LogP contribution in [0.5, 0.6) is 0 Å². The van der Waals surface area contributed by atoms with Crippen molar-refractivity contribution in [1.29, 1.82) is 0 Å². The molecule has 3 aliphatic rings. The number of carbonyl (C=O) groups excluding carboxylic acids is 3. The van der Waals surface area contributed by atoms with E-state index in [1.807, 2.05) is 111 Å². The first-order valence-corrected chi connectivity index (χ1v) is 21.8. The number of benzene rings is 4. The molecular formula is C42H45ClN4O6Si. The van der Waals surface area contributed by atoms with Crippen LogP contribution in [-0.4, -0.2) is 65.8 Å². The molecule has 0 aromatic heterocycles. The summed E-state index contributed by atoms with van der Waals surface area (Å²) in [5.74, 6) is -1.09. The number of nitrogens with zero attached hydrogens (tertiary/aromatic N) is 4. The van der Waals surface area contributed by atoms with Crippen LogP contribution in [-0.2, 0) is 37.8 Å². The molecule has 280 valence electrons. The Labute approximate surface area is 321 Å². The van der Waals surface area contributed by atoms with Crippen LogP contribution in [0.25, 0.3) is 0 Å². The van der Waals surface area contributed by atoms with Crippen LogP contribution >= 0.6 is 11.6 Å². The molecule has 7 rings (SSSR count). The molecule has 12 heteroatoms. The number of ether oxygens (including phenoxy) is 1. The summed E-state index contributed by atoms with van der Waals surface area (Å²) in [6.45, 7) is 6.04. The lowest BCUT2D eigenvalue weighted by atomic mass is 9.82. The predicted molar refractivity (Wildman–Crippen MR) is 212 cm³/mol. The van der Waals surface area contributed by atoms with Gasteiger partial charge in [-0.3, -0.25) is 14.4 Å². The predicted octanol–water partition coefficient (Wildman–Crippen LogP) is 6.63. The summed E-state index contributed by atoms with van der Waals surface area (Å²) >= 11 is 6.59. The monoisotopic (exact) mass is 764 g/mol. The molecule has 4 atom stereocenters. The zero-order valence-electron chi connectivity index (χ0n) is 30.7. The van der Waals surface area contributed by atoms with Crippen LogP contribution in [0.4, 0.5) is 11.4 Å². The van der Waals surface area contributed by atoms with E-state index < -0.39 is 31.5 Å². The highest BCUT2D eigenvalue weighted by Gasteiger charge is 2.66. The van der Waals surface area contributed by atoms with Gasteiger partial charge < -0.3 is 24.4 Å². The Balaban J connectivity index is 1.16. The van der Waals surface area contributed by atoms with Crippen molar-refractivity contribution in [1.82, 2.24) is 4.90 Å². The molecule has 4 aromatic carbocycles. The highest BCUT2D eigenvalue weighted by molar-refractivity contribution is 6.71. The molecule has 10 nitrogen and oxygen atoms in total. The van der Waals surface area contributed by atoms with Gasteiger partial charge in [-0.25, -0.2) is 5.01 Å². The van der Waals surface area contributed by atoms with Gasteiger partial charge in [0, 0.05) is 48.0 Å². The van der Waals surface area contributed by atoms with E-state index >= 15 is 0 Å². The summed E-state index contributed by atoms with van der Waals surface area (Å²) in [7, 11) is -3.05. The van der Waals surface area contributed by atoms with Gasteiger partial charge in [0.25, 0.3) is 5.91 Å². The smallest absolute Gasteiger partial charge is 0.264 e. The maximum atomic E-state index is 14.9. The van der Waals surface area contributed by atoms with Gasteiger partial charge in [0.15, 0.2) is 13.9 Å². The van der Waals surface area contributed by atoms with Crippen molar-refractivity contribution in [3.8, 4) is 0 Å². The average Bonchev–Trinajstić information content (AvgIpc) is 3.58. The molecule has 0 bridgehead atoms. The van der Waals surface area contributed by atoms with Crippen LogP contribution in [0, 0.1) is 5.92 Å². The van der Waals surface area contributed by atoms with E-state index in [9.17, 15) is 24.3 Å². The molecule has 1 spiro atoms. The van der Waals surface area contributed by atoms with Crippen LogP contribution in [0.1, 0.15) is 48.4 Å². The molecule has 3 amide bonds. The standard InChI is InChI=1S/C42H45ClN4O6Si/c1-28-40(54(2,3)52)37(25-39(50)45(22-23-48)26-29-10-6-4-7-11-29)53-42(28)34-24-32(43)16-20-36(34)46(41(42)51)27-30-14-17-33(18-15-30)47-38(49)21-19-35(44-47)31-12-8-5-9-13-31/h4-18,20,24,28,37,40,48,52H,19,21-23,25-27H2,1-3H3/t28-,37+,40-,42+/m0/s1. The highest BCUT2D eigenvalue weighted by atomic mass is 35.5. The van der Waals surface area contributed by atoms with Gasteiger partial charge >= 0.3 is 0 Å². The largest absolute Gasteiger partial charge is 0.432 e. The van der Waals surface area contributed by atoms with Crippen LogP contribution in [0.15, 0.2) is 108 Å². The Morgan fingerprint density at radius 2 is 1.65 bits per heavy atom. The van der Waals surface area contributed by atoms with Gasteiger partial charge in [-0.1, -0.05) is 91.3 Å². The lowest BCUT2D eigenvalue weighted by Gasteiger charge is -2.32. The first-order valence-electron chi connectivity index (χ1n) is 18.4. The third-order valence-electron chi connectivity index (χ3n) is 10.9. The fourth-order valence-corrected chi connectivity index (χ4v) is 11.2. The Morgan fingerprint density at radius 3 is 2.31 bits per heavy atom. The number of fused-ring (bicyclic) bond motifs is 2. The number of rotatable bonds is 11. The molecule has 0 radical (unpaired) electrons. The minimum absolute atomic E-state index is 0.0606. The zero-order chi connectivity index (χ0) is 38.2. The first kappa shape index (κ1) is 37.7. The third kappa shape index (κ3) is 7.14. The van der Waals surface area contributed by atoms with Crippen molar-refractivity contribution in [2.45, 2.75) is 69.6 Å². The topological polar surface area (TPSA) is 123 Å². The number of hydrazone groups is 1. The molecular weight excluding hydrogens is 720 g/mol. The lowest BCUT2D eigenvalue weighted by Crippen LogP contribution is -2.46. The molecule has 2 N–H and O–H groups in total. The number of aliphatic hydroxyl groups excluding tert-OH is 1. The molecule has 3 heterocycles. The van der Waals surface area contributed by atoms with Crippen molar-refractivity contribution >= 4 is 54.7 Å². The normalized spacial score (nSPS) is 22.5. The fraction of sp³-hybridized carbons (Fsp3) is 0.333. The van der Waals surface area contributed by atoms with E-state index in [0.29, 0.717) is 41.3 Å². The lowest BCUT2D eigenvalue weighted by molar-refractivity contribution is -0.150. The minimum atomic E-state index is -3.05. The van der Waals surface area contributed by atoms with Gasteiger partial charge in [-0.2, -0.15) is 5.10 Å². The van der Waals surface area contributed by atoms with Crippen LogP contribution in [0.2, 0.25) is 23.7 Å². The van der Waals surface area contributed by atoms with E-state index in [1.165, 1.54) is 5.01 Å². The van der Waals surface area contributed by atoms with Crippen molar-refractivity contribution < 1.29 is 29.0 Å². The van der Waals surface area contributed by atoms with Crippen molar-refractivity contribution in [3.63, 3.8) is 0 Å². The van der Waals surface area contributed by atoms with Crippen molar-refractivity contribution in [3.05, 3.63) is 130 Å². The van der Waals surface area contributed by atoms with E-state index in [4.69, 9.17) is 16.3 Å². The second-order valence-electron chi connectivity index (χ2n) is 14.9.